The number of halogens is 3. The highest BCUT2D eigenvalue weighted by molar-refractivity contribution is 5.86. The Labute approximate surface area is 205 Å². The molecule has 6 nitrogen and oxygen atoms in total. The highest BCUT2D eigenvalue weighted by Gasteiger charge is 2.38. The van der Waals surface area contributed by atoms with E-state index in [4.69, 9.17) is 15.2 Å². The monoisotopic (exact) mass is 493 g/mol. The van der Waals surface area contributed by atoms with Crippen LogP contribution in [0.1, 0.15) is 16.8 Å². The number of ether oxygens (including phenoxy) is 2. The Kier molecular flexibility index (Phi) is 6.82. The van der Waals surface area contributed by atoms with Crippen LogP contribution in [0.25, 0.3) is 28.5 Å². The number of phenolic OH excluding ortho intramolecular Hbond substituents is 1. The number of benzene rings is 3. The van der Waals surface area contributed by atoms with Crippen molar-refractivity contribution in [2.75, 3.05) is 12.8 Å². The van der Waals surface area contributed by atoms with Gasteiger partial charge in [0.05, 0.1) is 12.8 Å². The van der Waals surface area contributed by atoms with Crippen molar-refractivity contribution in [2.45, 2.75) is 12.8 Å². The van der Waals surface area contributed by atoms with Gasteiger partial charge in [0, 0.05) is 17.2 Å². The van der Waals surface area contributed by atoms with Gasteiger partial charge in [-0.1, -0.05) is 49.1 Å². The summed E-state index contributed by atoms with van der Waals surface area (Å²) in [5.74, 6) is -0.102. The Bertz CT molecular complexity index is 1390. The van der Waals surface area contributed by atoms with Gasteiger partial charge in [0.25, 0.3) is 0 Å². The van der Waals surface area contributed by atoms with Crippen molar-refractivity contribution in [2.24, 2.45) is 0 Å². The summed E-state index contributed by atoms with van der Waals surface area (Å²) in [7, 11) is 1.45. The quantitative estimate of drug-likeness (QED) is 0.312. The maximum Gasteiger partial charge on any atom is 0.434 e. The average Bonchev–Trinajstić information content (AvgIpc) is 2.87. The summed E-state index contributed by atoms with van der Waals surface area (Å²) in [5, 5.41) is 10.8. The number of nitrogens with two attached hydrogens (primary N) is 1. The van der Waals surface area contributed by atoms with Gasteiger partial charge in [-0.2, -0.15) is 13.2 Å². The van der Waals surface area contributed by atoms with E-state index in [0.29, 0.717) is 11.5 Å². The number of nitrogens with zero attached hydrogens (tertiary/aromatic N) is 2. The van der Waals surface area contributed by atoms with E-state index in [1.807, 2.05) is 24.3 Å². The summed E-state index contributed by atoms with van der Waals surface area (Å²) in [6.07, 6.45) is -3.09. The summed E-state index contributed by atoms with van der Waals surface area (Å²) in [6.45, 7) is 3.94. The molecule has 4 rings (SSSR count). The molecule has 3 N–H and O–H groups in total. The number of aromatic hydroxyl groups is 1. The molecule has 0 spiro atoms. The molecule has 4 aromatic rings. The molecule has 0 radical (unpaired) electrons. The molecule has 0 unspecified atom stereocenters. The third kappa shape index (κ3) is 5.25. The number of rotatable bonds is 7. The third-order valence-electron chi connectivity index (χ3n) is 5.42. The molecule has 3 aromatic carbocycles. The van der Waals surface area contributed by atoms with E-state index in [2.05, 4.69) is 16.5 Å². The second-order valence-corrected chi connectivity index (χ2v) is 7.79. The minimum absolute atomic E-state index is 0.0445. The molecule has 0 aliphatic carbocycles. The summed E-state index contributed by atoms with van der Waals surface area (Å²) in [5.41, 5.74) is 6.04. The SMILES string of the molecule is C=Cc1ccc(COc2ccc(-c3nc(N)nc(C(F)(F)F)c3-c3ccc(OC)cc3)c(O)c2)cc1. The van der Waals surface area contributed by atoms with Gasteiger partial charge in [-0.25, -0.2) is 9.97 Å². The van der Waals surface area contributed by atoms with Crippen molar-refractivity contribution in [1.29, 1.82) is 0 Å². The molecule has 0 atom stereocenters. The molecule has 0 saturated heterocycles. The number of methoxy groups -OCH3 is 1. The van der Waals surface area contributed by atoms with Crippen LogP contribution >= 0.6 is 0 Å². The number of alkyl halides is 3. The van der Waals surface area contributed by atoms with Crippen LogP contribution in [0.15, 0.2) is 73.3 Å². The van der Waals surface area contributed by atoms with E-state index in [1.165, 1.54) is 49.6 Å². The van der Waals surface area contributed by atoms with Crippen molar-refractivity contribution in [3.63, 3.8) is 0 Å². The van der Waals surface area contributed by atoms with Gasteiger partial charge in [0.1, 0.15) is 23.9 Å². The summed E-state index contributed by atoms with van der Waals surface area (Å²) in [6, 6.07) is 17.8. The zero-order valence-electron chi connectivity index (χ0n) is 19.2. The predicted molar refractivity (Wildman–Crippen MR) is 131 cm³/mol. The predicted octanol–water partition coefficient (Wildman–Crippen LogP) is 6.35. The van der Waals surface area contributed by atoms with E-state index in [0.717, 1.165) is 11.1 Å². The van der Waals surface area contributed by atoms with E-state index in [-0.39, 0.29) is 34.7 Å². The first-order chi connectivity index (χ1) is 17.2. The Morgan fingerprint density at radius 2 is 1.64 bits per heavy atom. The van der Waals surface area contributed by atoms with Crippen molar-refractivity contribution in [3.05, 3.63) is 90.1 Å². The van der Waals surface area contributed by atoms with Crippen LogP contribution in [0.2, 0.25) is 0 Å². The lowest BCUT2D eigenvalue weighted by Crippen LogP contribution is -2.14. The molecule has 0 aliphatic rings. The van der Waals surface area contributed by atoms with Gasteiger partial charge >= 0.3 is 6.18 Å². The highest BCUT2D eigenvalue weighted by atomic mass is 19.4. The zero-order valence-corrected chi connectivity index (χ0v) is 19.2. The maximum absolute atomic E-state index is 14.0. The maximum atomic E-state index is 14.0. The second-order valence-electron chi connectivity index (χ2n) is 7.79. The molecule has 0 saturated carbocycles. The molecular weight excluding hydrogens is 471 g/mol. The largest absolute Gasteiger partial charge is 0.507 e. The molecule has 1 heterocycles. The fraction of sp³-hybridized carbons (Fsp3) is 0.111. The lowest BCUT2D eigenvalue weighted by molar-refractivity contribution is -0.140. The number of nitrogen functional groups attached to an aromatic ring is 1. The number of aromatic nitrogens is 2. The van der Waals surface area contributed by atoms with Crippen LogP contribution in [0, 0.1) is 0 Å². The lowest BCUT2D eigenvalue weighted by atomic mass is 9.96. The number of phenols is 1. The normalized spacial score (nSPS) is 11.2. The van der Waals surface area contributed by atoms with E-state index < -0.39 is 17.8 Å². The molecule has 9 heteroatoms. The minimum Gasteiger partial charge on any atom is -0.507 e. The molecular formula is C27H22F3N3O3. The van der Waals surface area contributed by atoms with E-state index in [9.17, 15) is 18.3 Å². The van der Waals surface area contributed by atoms with Gasteiger partial charge in [-0.05, 0) is 41.0 Å². The van der Waals surface area contributed by atoms with Crippen molar-refractivity contribution in [1.82, 2.24) is 9.97 Å². The van der Waals surface area contributed by atoms with Crippen LogP contribution < -0.4 is 15.2 Å². The van der Waals surface area contributed by atoms with Crippen molar-refractivity contribution < 1.29 is 27.8 Å². The Balaban J connectivity index is 1.74. The zero-order chi connectivity index (χ0) is 25.9. The fourth-order valence-corrected chi connectivity index (χ4v) is 3.63. The van der Waals surface area contributed by atoms with Crippen molar-refractivity contribution in [3.8, 4) is 39.6 Å². The van der Waals surface area contributed by atoms with E-state index >= 15 is 0 Å². The van der Waals surface area contributed by atoms with Crippen LogP contribution in [0.4, 0.5) is 19.1 Å². The highest BCUT2D eigenvalue weighted by Crippen LogP contribution is 2.44. The standard InChI is InChI=1S/C27H22F3N3O3/c1-3-16-4-6-17(7-5-16)15-36-20-12-13-21(22(34)14-20)24-23(18-8-10-19(35-2)11-9-18)25(27(28,29)30)33-26(31)32-24/h3-14,34H,1,15H2,2H3,(H2,31,32,33). The van der Waals surface area contributed by atoms with Gasteiger partial charge in [-0.3, -0.25) is 0 Å². The third-order valence-corrected chi connectivity index (χ3v) is 5.42. The summed E-state index contributed by atoms with van der Waals surface area (Å²) < 4.78 is 52.8. The number of anilines is 1. The van der Waals surface area contributed by atoms with Gasteiger partial charge < -0.3 is 20.3 Å². The van der Waals surface area contributed by atoms with Crippen molar-refractivity contribution >= 4 is 12.0 Å². The topological polar surface area (TPSA) is 90.5 Å². The molecule has 184 valence electrons. The Morgan fingerprint density at radius 1 is 0.972 bits per heavy atom. The first kappa shape index (κ1) is 24.6. The van der Waals surface area contributed by atoms with Crippen LogP contribution in [0.3, 0.4) is 0 Å². The molecule has 0 fully saturated rings. The lowest BCUT2D eigenvalue weighted by Gasteiger charge is -2.18. The van der Waals surface area contributed by atoms with E-state index in [1.54, 1.807) is 6.08 Å². The molecule has 1 aromatic heterocycles. The molecule has 36 heavy (non-hydrogen) atoms. The molecule has 0 aliphatic heterocycles. The van der Waals surface area contributed by atoms with Gasteiger partial charge in [0.2, 0.25) is 5.95 Å². The first-order valence-electron chi connectivity index (χ1n) is 10.8. The molecule has 0 bridgehead atoms. The Hall–Kier alpha value is -4.53. The first-order valence-corrected chi connectivity index (χ1v) is 10.8. The van der Waals surface area contributed by atoms with Crippen LogP contribution in [-0.2, 0) is 12.8 Å². The number of hydrogen-bond donors (Lipinski definition) is 2. The fourth-order valence-electron chi connectivity index (χ4n) is 3.63. The smallest absolute Gasteiger partial charge is 0.434 e. The molecule has 0 amide bonds. The minimum atomic E-state index is -4.82. The second kappa shape index (κ2) is 9.99. The summed E-state index contributed by atoms with van der Waals surface area (Å²) in [4.78, 5) is 7.53. The van der Waals surface area contributed by atoms with Crippen LogP contribution in [0.5, 0.6) is 17.2 Å². The van der Waals surface area contributed by atoms with Crippen LogP contribution in [-0.4, -0.2) is 22.2 Å². The van der Waals surface area contributed by atoms with Gasteiger partial charge in [0.15, 0.2) is 5.69 Å². The van der Waals surface area contributed by atoms with Gasteiger partial charge in [-0.15, -0.1) is 0 Å². The Morgan fingerprint density at radius 3 is 2.22 bits per heavy atom. The number of hydrogen-bond acceptors (Lipinski definition) is 6. The summed E-state index contributed by atoms with van der Waals surface area (Å²) >= 11 is 0. The average molecular weight is 493 g/mol.